The van der Waals surface area contributed by atoms with E-state index in [1.54, 1.807) is 20.8 Å². The average Bonchev–Trinajstić information content (AvgIpc) is 2.71. The van der Waals surface area contributed by atoms with Gasteiger partial charge in [0.15, 0.2) is 0 Å². The van der Waals surface area contributed by atoms with Gasteiger partial charge in [-0.05, 0) is 86.3 Å². The molecule has 0 spiro atoms. The van der Waals surface area contributed by atoms with Crippen molar-refractivity contribution in [2.45, 2.75) is 26.4 Å². The Morgan fingerprint density at radius 3 is 1.25 bits per heavy atom. The molecular weight excluding hydrogens is 572 g/mol. The zero-order chi connectivity index (χ0) is 23.3. The number of aliphatic hydroxyl groups excluding tert-OH is 1. The molecule has 4 nitrogen and oxygen atoms in total. The fraction of sp³-hybridized carbons (Fsp3) is 0.200. The van der Waals surface area contributed by atoms with Crippen LogP contribution < -0.4 is 0 Å². The van der Waals surface area contributed by atoms with Gasteiger partial charge in [0.25, 0.3) is 0 Å². The predicted molar refractivity (Wildman–Crippen MR) is 136 cm³/mol. The minimum Gasteiger partial charge on any atom is -0.506 e. The van der Waals surface area contributed by atoms with Crippen LogP contribution in [0.5, 0.6) is 11.5 Å². The number of aliphatic hydroxyl groups is 2. The van der Waals surface area contributed by atoms with Crippen molar-refractivity contribution in [2.24, 2.45) is 0 Å². The van der Waals surface area contributed by atoms with E-state index in [4.69, 9.17) is 10.2 Å². The van der Waals surface area contributed by atoms with E-state index in [9.17, 15) is 10.2 Å². The molecule has 0 heterocycles. The Labute approximate surface area is 220 Å². The van der Waals surface area contributed by atoms with Gasteiger partial charge in [0.05, 0.1) is 14.5 Å². The molecule has 4 aromatic carbocycles. The minimum absolute atomic E-state index is 0. The van der Waals surface area contributed by atoms with Gasteiger partial charge in [-0.2, -0.15) is 0 Å². The Hall–Kier alpha value is -1.41. The molecule has 7 heteroatoms. The Balaban J connectivity index is 0.000000569. The first-order valence-electron chi connectivity index (χ1n) is 9.56. The average molecular weight is 598 g/mol. The number of benzene rings is 4. The third-order valence-corrected chi connectivity index (χ3v) is 5.41. The van der Waals surface area contributed by atoms with Crippen LogP contribution >= 0.6 is 31.9 Å². The zero-order valence-corrected chi connectivity index (χ0v) is 23.1. The summed E-state index contributed by atoms with van der Waals surface area (Å²) in [6, 6.07) is 19.4. The second-order valence-corrected chi connectivity index (χ2v) is 9.49. The first-order chi connectivity index (χ1) is 14.6. The Morgan fingerprint density at radius 2 is 0.938 bits per heavy atom. The van der Waals surface area contributed by atoms with Crippen molar-refractivity contribution in [2.75, 3.05) is 7.11 Å². The fourth-order valence-corrected chi connectivity index (χ4v) is 4.00. The number of aromatic hydroxyl groups is 2. The second-order valence-electron chi connectivity index (χ2n) is 7.78. The molecular formula is C25H26Br2O4Ti. The van der Waals surface area contributed by atoms with Crippen LogP contribution in [0.15, 0.2) is 69.6 Å². The number of hydrogen-bond donors (Lipinski definition) is 4. The molecule has 0 unspecified atom stereocenters. The van der Waals surface area contributed by atoms with E-state index in [1.807, 2.05) is 60.7 Å². The van der Waals surface area contributed by atoms with Crippen LogP contribution in [0.2, 0.25) is 0 Å². The van der Waals surface area contributed by atoms with Gasteiger partial charge in [-0.3, -0.25) is 0 Å². The van der Waals surface area contributed by atoms with Crippen molar-refractivity contribution in [1.82, 2.24) is 0 Å². The number of halogens is 2. The van der Waals surface area contributed by atoms with Gasteiger partial charge in [0.1, 0.15) is 11.5 Å². The van der Waals surface area contributed by atoms with Crippen molar-refractivity contribution in [3.05, 3.63) is 69.6 Å². The molecule has 0 radical (unpaired) electrons. The SMILES string of the molecule is CC(C)(C)O.CO.Oc1c(Br)cc2ccccc2c1-c1c(O)c(Br)cc2ccccc12.[Ti]. The summed E-state index contributed by atoms with van der Waals surface area (Å²) in [6.45, 7) is 5.23. The maximum Gasteiger partial charge on any atom is 0.138 e. The Bertz CT molecular complexity index is 1110. The van der Waals surface area contributed by atoms with E-state index < -0.39 is 5.60 Å². The number of rotatable bonds is 1. The monoisotopic (exact) mass is 596 g/mol. The summed E-state index contributed by atoms with van der Waals surface area (Å²) in [5.74, 6) is 0.236. The van der Waals surface area contributed by atoms with Crippen molar-refractivity contribution in [1.29, 1.82) is 0 Å². The fourth-order valence-electron chi connectivity index (χ4n) is 3.11. The minimum atomic E-state index is -0.500. The summed E-state index contributed by atoms with van der Waals surface area (Å²) in [5, 5.41) is 40.8. The molecule has 4 aromatic rings. The van der Waals surface area contributed by atoms with Gasteiger partial charge in [-0.25, -0.2) is 0 Å². The molecule has 32 heavy (non-hydrogen) atoms. The summed E-state index contributed by atoms with van der Waals surface area (Å²) in [7, 11) is 1.00. The van der Waals surface area contributed by atoms with Gasteiger partial charge in [-0.15, -0.1) is 0 Å². The number of hydrogen-bond acceptors (Lipinski definition) is 4. The van der Waals surface area contributed by atoms with Gasteiger partial charge in [0.2, 0.25) is 0 Å². The maximum atomic E-state index is 10.8. The molecule has 0 aliphatic heterocycles. The number of phenolic OH excluding ortho intramolecular Hbond substituents is 2. The molecule has 0 saturated carbocycles. The predicted octanol–water partition coefficient (Wildman–Crippen LogP) is 6.98. The summed E-state index contributed by atoms with van der Waals surface area (Å²) >= 11 is 6.86. The first-order valence-corrected chi connectivity index (χ1v) is 11.1. The molecule has 0 saturated heterocycles. The normalized spacial score (nSPS) is 10.5. The van der Waals surface area contributed by atoms with Crippen LogP contribution in [0.25, 0.3) is 32.7 Å². The van der Waals surface area contributed by atoms with E-state index in [0.717, 1.165) is 28.7 Å². The van der Waals surface area contributed by atoms with Crippen LogP contribution in [-0.4, -0.2) is 33.1 Å². The van der Waals surface area contributed by atoms with Crippen molar-refractivity contribution < 1.29 is 42.1 Å². The largest absolute Gasteiger partial charge is 0.506 e. The van der Waals surface area contributed by atoms with E-state index in [0.29, 0.717) is 20.1 Å². The Morgan fingerprint density at radius 1 is 0.656 bits per heavy atom. The van der Waals surface area contributed by atoms with Crippen LogP contribution in [0.4, 0.5) is 0 Å². The molecule has 4 N–H and O–H groups in total. The summed E-state index contributed by atoms with van der Waals surface area (Å²) in [6.07, 6.45) is 0. The van der Waals surface area contributed by atoms with Gasteiger partial charge >= 0.3 is 0 Å². The molecule has 0 bridgehead atoms. The van der Waals surface area contributed by atoms with Crippen LogP contribution in [0.3, 0.4) is 0 Å². The van der Waals surface area contributed by atoms with Crippen molar-refractivity contribution in [3.8, 4) is 22.6 Å². The van der Waals surface area contributed by atoms with Gasteiger partial charge in [-0.1, -0.05) is 48.5 Å². The van der Waals surface area contributed by atoms with E-state index in [1.165, 1.54) is 0 Å². The molecule has 0 aliphatic rings. The molecule has 0 atom stereocenters. The standard InChI is InChI=1S/C20H12Br2O2.C4H10O.CH4O.Ti/c21-15-9-11-5-1-3-7-13(11)17(19(15)23)18-14-8-4-2-6-12(14)10-16(22)20(18)24;1-4(2,3)5;1-2;/h1-10,23-24H;5H,1-3H3;2H,1H3;. The molecule has 0 aromatic heterocycles. The summed E-state index contributed by atoms with van der Waals surface area (Å²) < 4.78 is 1.19. The van der Waals surface area contributed by atoms with E-state index in [-0.39, 0.29) is 33.2 Å². The maximum absolute atomic E-state index is 10.8. The molecule has 0 aliphatic carbocycles. The quantitative estimate of drug-likeness (QED) is 0.179. The topological polar surface area (TPSA) is 80.9 Å². The van der Waals surface area contributed by atoms with Crippen molar-refractivity contribution >= 4 is 53.4 Å². The molecule has 4 rings (SSSR count). The van der Waals surface area contributed by atoms with Gasteiger partial charge in [0, 0.05) is 40.0 Å². The van der Waals surface area contributed by atoms with Crippen LogP contribution in [-0.2, 0) is 21.7 Å². The number of phenols is 2. The van der Waals surface area contributed by atoms with Gasteiger partial charge < -0.3 is 20.4 Å². The molecule has 168 valence electrons. The summed E-state index contributed by atoms with van der Waals surface area (Å²) in [5.41, 5.74) is 0.741. The van der Waals surface area contributed by atoms with E-state index in [2.05, 4.69) is 31.9 Å². The third kappa shape index (κ3) is 6.80. The van der Waals surface area contributed by atoms with Crippen LogP contribution in [0, 0.1) is 0 Å². The second kappa shape index (κ2) is 12.2. The Kier molecular flexibility index (Phi) is 10.9. The smallest absolute Gasteiger partial charge is 0.138 e. The zero-order valence-electron chi connectivity index (χ0n) is 18.3. The van der Waals surface area contributed by atoms with E-state index >= 15 is 0 Å². The summed E-state index contributed by atoms with van der Waals surface area (Å²) in [4.78, 5) is 0. The van der Waals surface area contributed by atoms with Crippen LogP contribution in [0.1, 0.15) is 20.8 Å². The number of fused-ring (bicyclic) bond motifs is 2. The first kappa shape index (κ1) is 28.6. The third-order valence-electron chi connectivity index (χ3n) is 4.20. The molecule has 0 amide bonds. The molecule has 0 fully saturated rings. The van der Waals surface area contributed by atoms with Crippen molar-refractivity contribution in [3.63, 3.8) is 0 Å².